The largest absolute Gasteiger partial charge is 0.481 e. The lowest BCUT2D eigenvalue weighted by atomic mass is 10.2. The predicted molar refractivity (Wildman–Crippen MR) is 75.3 cm³/mol. The van der Waals surface area contributed by atoms with Crippen molar-refractivity contribution in [1.29, 1.82) is 0 Å². The van der Waals surface area contributed by atoms with Gasteiger partial charge in [0.1, 0.15) is 12.4 Å². The average Bonchev–Trinajstić information content (AvgIpc) is 2.38. The molecule has 19 heavy (non-hydrogen) atoms. The third kappa shape index (κ3) is 5.48. The zero-order valence-electron chi connectivity index (χ0n) is 11.3. The van der Waals surface area contributed by atoms with Gasteiger partial charge in [-0.2, -0.15) is 0 Å². The lowest BCUT2D eigenvalue weighted by Crippen LogP contribution is -1.99. The smallest absolute Gasteiger partial charge is 0.335 e. The van der Waals surface area contributed by atoms with E-state index >= 15 is 0 Å². The van der Waals surface area contributed by atoms with E-state index in [1.807, 2.05) is 12.1 Å². The lowest BCUT2D eigenvalue weighted by molar-refractivity contribution is 0.219. The minimum absolute atomic E-state index is 0.232. The van der Waals surface area contributed by atoms with Gasteiger partial charge in [-0.05, 0) is 31.5 Å². The highest BCUT2D eigenvalue weighted by atomic mass is 31.2. The van der Waals surface area contributed by atoms with Crippen LogP contribution in [0.5, 0.6) is 5.75 Å². The van der Waals surface area contributed by atoms with E-state index in [4.69, 9.17) is 20.2 Å². The molecule has 0 aliphatic carbocycles. The number of terminal acetylenes is 1. The standard InChI is InChI=1S/C14H19O4P/c1-4-11-16-14-9-7-13(8-10-14)12-19(15,17-5-2)18-6-3/h1,7-10H,5-6,11-12H2,2-3H3. The highest BCUT2D eigenvalue weighted by Gasteiger charge is 2.23. The minimum Gasteiger partial charge on any atom is -0.481 e. The van der Waals surface area contributed by atoms with Crippen LogP contribution in [0.2, 0.25) is 0 Å². The van der Waals surface area contributed by atoms with Crippen LogP contribution in [-0.2, 0) is 19.8 Å². The molecular formula is C14H19O4P. The molecule has 0 amide bonds. The van der Waals surface area contributed by atoms with Gasteiger partial charge < -0.3 is 13.8 Å². The van der Waals surface area contributed by atoms with Gasteiger partial charge in [-0.15, -0.1) is 6.42 Å². The van der Waals surface area contributed by atoms with E-state index in [0.29, 0.717) is 19.0 Å². The molecule has 1 aromatic rings. The van der Waals surface area contributed by atoms with Gasteiger partial charge in [0.05, 0.1) is 19.4 Å². The first-order chi connectivity index (χ1) is 9.13. The van der Waals surface area contributed by atoms with Crippen LogP contribution in [0.1, 0.15) is 19.4 Å². The Morgan fingerprint density at radius 1 is 1.16 bits per heavy atom. The Morgan fingerprint density at radius 3 is 2.21 bits per heavy atom. The van der Waals surface area contributed by atoms with Crippen LogP contribution in [0.15, 0.2) is 24.3 Å². The third-order valence-corrected chi connectivity index (χ3v) is 4.33. The highest BCUT2D eigenvalue weighted by molar-refractivity contribution is 7.53. The van der Waals surface area contributed by atoms with Crippen LogP contribution in [0.4, 0.5) is 0 Å². The van der Waals surface area contributed by atoms with Crippen molar-refractivity contribution in [2.45, 2.75) is 20.0 Å². The molecule has 0 aliphatic rings. The topological polar surface area (TPSA) is 44.8 Å². The summed E-state index contributed by atoms with van der Waals surface area (Å²) in [5.41, 5.74) is 0.873. The van der Waals surface area contributed by atoms with Crippen LogP contribution in [0, 0.1) is 12.3 Å². The maximum Gasteiger partial charge on any atom is 0.335 e. The van der Waals surface area contributed by atoms with E-state index < -0.39 is 7.60 Å². The first-order valence-corrected chi connectivity index (χ1v) is 7.89. The van der Waals surface area contributed by atoms with Crippen LogP contribution in [0.3, 0.4) is 0 Å². The summed E-state index contributed by atoms with van der Waals surface area (Å²) in [7, 11) is -3.05. The summed E-state index contributed by atoms with van der Waals surface area (Å²) in [6, 6.07) is 7.23. The molecule has 0 radical (unpaired) electrons. The van der Waals surface area contributed by atoms with Crippen LogP contribution >= 0.6 is 7.60 Å². The van der Waals surface area contributed by atoms with Gasteiger partial charge in [0.2, 0.25) is 0 Å². The van der Waals surface area contributed by atoms with Gasteiger partial charge in [0.25, 0.3) is 0 Å². The summed E-state index contributed by atoms with van der Waals surface area (Å²) in [4.78, 5) is 0. The molecule has 104 valence electrons. The molecule has 0 aromatic heterocycles. The molecule has 0 N–H and O–H groups in total. The monoisotopic (exact) mass is 282 g/mol. The van der Waals surface area contributed by atoms with Crippen molar-refractivity contribution in [3.63, 3.8) is 0 Å². The molecule has 0 saturated carbocycles. The molecule has 0 aliphatic heterocycles. The molecule has 0 heterocycles. The van der Waals surface area contributed by atoms with Gasteiger partial charge in [-0.25, -0.2) is 0 Å². The Hall–Kier alpha value is -1.27. The number of ether oxygens (including phenoxy) is 1. The van der Waals surface area contributed by atoms with Gasteiger partial charge in [0.15, 0.2) is 0 Å². The Bertz CT molecular complexity index is 451. The lowest BCUT2D eigenvalue weighted by Gasteiger charge is -2.17. The van der Waals surface area contributed by atoms with E-state index in [9.17, 15) is 4.57 Å². The fraction of sp³-hybridized carbons (Fsp3) is 0.429. The molecule has 0 saturated heterocycles. The molecule has 0 bridgehead atoms. The second kappa shape index (κ2) is 8.01. The van der Waals surface area contributed by atoms with E-state index in [1.54, 1.807) is 26.0 Å². The summed E-state index contributed by atoms with van der Waals surface area (Å²) < 4.78 is 28.1. The van der Waals surface area contributed by atoms with Crippen molar-refractivity contribution < 1.29 is 18.3 Å². The molecule has 0 unspecified atom stereocenters. The Kier molecular flexibility index (Phi) is 6.66. The summed E-state index contributed by atoms with van der Waals surface area (Å²) in [6.45, 7) is 4.54. The maximum absolute atomic E-state index is 12.3. The first kappa shape index (κ1) is 15.8. The molecule has 1 rings (SSSR count). The van der Waals surface area contributed by atoms with E-state index in [-0.39, 0.29) is 12.8 Å². The van der Waals surface area contributed by atoms with Gasteiger partial charge in [-0.1, -0.05) is 18.1 Å². The Labute approximate surface area is 114 Å². The van der Waals surface area contributed by atoms with E-state index in [2.05, 4.69) is 5.92 Å². The molecule has 0 spiro atoms. The SMILES string of the molecule is C#CCOc1ccc(CP(=O)(OCC)OCC)cc1. The van der Waals surface area contributed by atoms with Gasteiger partial charge >= 0.3 is 7.60 Å². The summed E-state index contributed by atoms with van der Waals surface area (Å²) in [5.74, 6) is 3.08. The third-order valence-electron chi connectivity index (χ3n) is 2.27. The van der Waals surface area contributed by atoms with Crippen LogP contribution < -0.4 is 4.74 Å². The van der Waals surface area contributed by atoms with Crippen molar-refractivity contribution in [3.8, 4) is 18.1 Å². The summed E-state index contributed by atoms with van der Waals surface area (Å²) in [5, 5.41) is 0. The normalized spacial score (nSPS) is 11.0. The van der Waals surface area contributed by atoms with Gasteiger partial charge in [-0.3, -0.25) is 4.57 Å². The second-order valence-corrected chi connectivity index (χ2v) is 5.80. The highest BCUT2D eigenvalue weighted by Crippen LogP contribution is 2.51. The molecule has 0 fully saturated rings. The summed E-state index contributed by atoms with van der Waals surface area (Å²) in [6.07, 6.45) is 5.37. The quantitative estimate of drug-likeness (QED) is 0.541. The van der Waals surface area contributed by atoms with Crippen molar-refractivity contribution in [2.24, 2.45) is 0 Å². The molecule has 5 heteroatoms. The minimum atomic E-state index is -3.05. The molecule has 0 atom stereocenters. The average molecular weight is 282 g/mol. The van der Waals surface area contributed by atoms with Crippen molar-refractivity contribution >= 4 is 7.60 Å². The Balaban J connectivity index is 2.70. The second-order valence-electron chi connectivity index (χ2n) is 3.74. The van der Waals surface area contributed by atoms with Crippen molar-refractivity contribution in [3.05, 3.63) is 29.8 Å². The first-order valence-electron chi connectivity index (χ1n) is 6.17. The number of rotatable bonds is 8. The maximum atomic E-state index is 12.3. The van der Waals surface area contributed by atoms with Gasteiger partial charge in [0, 0.05) is 0 Å². The van der Waals surface area contributed by atoms with Crippen LogP contribution in [0.25, 0.3) is 0 Å². The number of benzene rings is 1. The fourth-order valence-corrected chi connectivity index (χ4v) is 3.26. The fourth-order valence-electron chi connectivity index (χ4n) is 1.56. The van der Waals surface area contributed by atoms with Crippen LogP contribution in [-0.4, -0.2) is 19.8 Å². The molecule has 1 aromatic carbocycles. The van der Waals surface area contributed by atoms with Crippen molar-refractivity contribution in [2.75, 3.05) is 19.8 Å². The predicted octanol–water partition coefficient (Wildman–Crippen LogP) is 3.46. The Morgan fingerprint density at radius 2 is 1.74 bits per heavy atom. The van der Waals surface area contributed by atoms with Crippen molar-refractivity contribution in [1.82, 2.24) is 0 Å². The zero-order valence-corrected chi connectivity index (χ0v) is 12.2. The zero-order chi connectivity index (χ0) is 14.1. The van der Waals surface area contributed by atoms with E-state index in [1.165, 1.54) is 0 Å². The molecule has 4 nitrogen and oxygen atoms in total. The molecular weight excluding hydrogens is 263 g/mol. The number of hydrogen-bond donors (Lipinski definition) is 0. The van der Waals surface area contributed by atoms with E-state index in [0.717, 1.165) is 5.56 Å². The summed E-state index contributed by atoms with van der Waals surface area (Å²) >= 11 is 0. The number of hydrogen-bond acceptors (Lipinski definition) is 4.